The van der Waals surface area contributed by atoms with Crippen LogP contribution in [0.5, 0.6) is 0 Å². The van der Waals surface area contributed by atoms with Crippen molar-refractivity contribution >= 4 is 16.1 Å². The van der Waals surface area contributed by atoms with E-state index in [4.69, 9.17) is 4.74 Å². The van der Waals surface area contributed by atoms with Crippen LogP contribution in [0.25, 0.3) is 0 Å². The molecule has 2 heterocycles. The highest BCUT2D eigenvalue weighted by Gasteiger charge is 2.51. The molecular formula is C18H31N3O4S. The van der Waals surface area contributed by atoms with Gasteiger partial charge in [-0.1, -0.05) is 0 Å². The number of rotatable bonds is 5. The highest BCUT2D eigenvalue weighted by atomic mass is 32.2. The first kappa shape index (κ1) is 18.5. The molecule has 0 aromatic carbocycles. The van der Waals surface area contributed by atoms with E-state index in [0.29, 0.717) is 19.4 Å². The zero-order valence-electron chi connectivity index (χ0n) is 16.0. The smallest absolute Gasteiger partial charge is 0.320 e. The first-order valence-electron chi connectivity index (χ1n) is 9.90. The Morgan fingerprint density at radius 1 is 1.19 bits per heavy atom. The van der Waals surface area contributed by atoms with Crippen LogP contribution in [0.1, 0.15) is 58.8 Å². The van der Waals surface area contributed by atoms with Gasteiger partial charge in [-0.3, -0.25) is 0 Å². The van der Waals surface area contributed by atoms with Crippen LogP contribution >= 0.6 is 0 Å². The Labute approximate surface area is 156 Å². The van der Waals surface area contributed by atoms with E-state index in [2.05, 4.69) is 11.6 Å². The van der Waals surface area contributed by atoms with Crippen molar-refractivity contribution < 1.29 is 17.9 Å². The number of nitrogens with zero attached hydrogens (tertiary/aromatic N) is 2. The lowest BCUT2D eigenvalue weighted by molar-refractivity contribution is 0.0328. The fraction of sp³-hybridized carbons (Fsp3) is 0.944. The van der Waals surface area contributed by atoms with Crippen LogP contribution in [0.2, 0.25) is 0 Å². The lowest BCUT2D eigenvalue weighted by Gasteiger charge is -2.36. The Hall–Kier alpha value is -0.860. The Kier molecular flexibility index (Phi) is 4.51. The van der Waals surface area contributed by atoms with E-state index in [1.807, 2.05) is 18.9 Å². The fourth-order valence-corrected chi connectivity index (χ4v) is 6.76. The molecule has 2 amide bonds. The molecule has 4 aliphatic rings. The topological polar surface area (TPSA) is 79.0 Å². The van der Waals surface area contributed by atoms with Gasteiger partial charge in [-0.05, 0) is 58.8 Å². The van der Waals surface area contributed by atoms with E-state index >= 15 is 0 Å². The van der Waals surface area contributed by atoms with E-state index in [0.717, 1.165) is 32.1 Å². The summed E-state index contributed by atoms with van der Waals surface area (Å²) in [6.07, 6.45) is 6.12. The van der Waals surface area contributed by atoms with Crippen molar-refractivity contribution in [3.05, 3.63) is 0 Å². The van der Waals surface area contributed by atoms with E-state index in [1.165, 1.54) is 0 Å². The van der Waals surface area contributed by atoms with Gasteiger partial charge in [0.15, 0.2) is 0 Å². The Balaban J connectivity index is 1.43. The van der Waals surface area contributed by atoms with Crippen molar-refractivity contribution in [2.75, 3.05) is 13.6 Å². The van der Waals surface area contributed by atoms with Crippen molar-refractivity contribution in [2.24, 2.45) is 0 Å². The van der Waals surface area contributed by atoms with E-state index in [9.17, 15) is 13.2 Å². The van der Waals surface area contributed by atoms with Gasteiger partial charge in [0.05, 0.1) is 29.5 Å². The minimum absolute atomic E-state index is 0.0170. The maximum Gasteiger partial charge on any atom is 0.320 e. The summed E-state index contributed by atoms with van der Waals surface area (Å²) < 4.78 is 34.3. The molecule has 5 atom stereocenters. The molecule has 2 saturated heterocycles. The highest BCUT2D eigenvalue weighted by molar-refractivity contribution is 7.90. The van der Waals surface area contributed by atoms with Crippen LogP contribution in [-0.2, 0) is 14.8 Å². The quantitative estimate of drug-likeness (QED) is 0.781. The number of amides is 2. The molecule has 7 nitrogen and oxygen atoms in total. The lowest BCUT2D eigenvalue weighted by Crippen LogP contribution is -2.50. The molecule has 0 bridgehead atoms. The van der Waals surface area contributed by atoms with Crippen molar-refractivity contribution in [1.82, 2.24) is 14.5 Å². The van der Waals surface area contributed by atoms with Gasteiger partial charge in [-0.15, -0.1) is 0 Å². The van der Waals surface area contributed by atoms with Crippen LogP contribution in [0.4, 0.5) is 4.79 Å². The van der Waals surface area contributed by atoms with Crippen molar-refractivity contribution in [1.29, 1.82) is 0 Å². The summed E-state index contributed by atoms with van der Waals surface area (Å²) in [5, 5.41) is -0.404. The van der Waals surface area contributed by atoms with Gasteiger partial charge >= 0.3 is 6.03 Å². The summed E-state index contributed by atoms with van der Waals surface area (Å²) in [6.45, 7) is 4.66. The third kappa shape index (κ3) is 3.36. The molecule has 4 rings (SSSR count). The zero-order chi connectivity index (χ0) is 18.7. The minimum Gasteiger partial charge on any atom is -0.373 e. The second kappa shape index (κ2) is 6.34. The van der Waals surface area contributed by atoms with Gasteiger partial charge < -0.3 is 14.5 Å². The third-order valence-electron chi connectivity index (χ3n) is 6.73. The maximum absolute atomic E-state index is 12.8. The van der Waals surface area contributed by atoms with Crippen LogP contribution in [0, 0.1) is 0 Å². The number of urea groups is 1. The molecule has 26 heavy (non-hydrogen) atoms. The molecule has 148 valence electrons. The molecule has 0 spiro atoms. The van der Waals surface area contributed by atoms with Gasteiger partial charge in [0.1, 0.15) is 0 Å². The van der Waals surface area contributed by atoms with Crippen LogP contribution in [0.3, 0.4) is 0 Å². The van der Waals surface area contributed by atoms with E-state index in [-0.39, 0.29) is 35.9 Å². The minimum atomic E-state index is -3.34. The summed E-state index contributed by atoms with van der Waals surface area (Å²) in [7, 11) is -1.53. The molecule has 2 aliphatic carbocycles. The standard InChI is InChI=1S/C18H31N3O4S/c1-12-4-5-13(25-12)11-21-15-7-6-14(10-16(15)20(3)17(21)22)26(23,24)19-18(2)8-9-18/h12-16,19H,4-11H2,1-3H3. The molecule has 5 unspecified atom stereocenters. The van der Waals surface area contributed by atoms with Gasteiger partial charge in [0.2, 0.25) is 10.0 Å². The van der Waals surface area contributed by atoms with Crippen molar-refractivity contribution in [3.63, 3.8) is 0 Å². The lowest BCUT2D eigenvalue weighted by atomic mass is 9.90. The number of fused-ring (bicyclic) bond motifs is 1. The summed E-state index contributed by atoms with van der Waals surface area (Å²) in [5.41, 5.74) is -0.240. The first-order valence-corrected chi connectivity index (χ1v) is 11.4. The second-order valence-corrected chi connectivity index (χ2v) is 10.9. The second-order valence-electron chi connectivity index (χ2n) is 8.97. The number of carbonyl (C=O) groups excluding carboxylic acids is 1. The van der Waals surface area contributed by atoms with E-state index < -0.39 is 15.3 Å². The number of carbonyl (C=O) groups is 1. The number of nitrogens with one attached hydrogen (secondary N) is 1. The molecule has 2 saturated carbocycles. The summed E-state index contributed by atoms with van der Waals surface area (Å²) in [5.74, 6) is 0. The normalized spacial score (nSPS) is 39.3. The Morgan fingerprint density at radius 3 is 2.54 bits per heavy atom. The molecule has 8 heteroatoms. The monoisotopic (exact) mass is 385 g/mol. The highest BCUT2D eigenvalue weighted by Crippen LogP contribution is 2.39. The SMILES string of the molecule is CC1CCC(CN2C(=O)N(C)C3CC(S(=O)(=O)NC4(C)CC4)CCC32)O1. The predicted octanol–water partition coefficient (Wildman–Crippen LogP) is 1.68. The number of hydrogen-bond donors (Lipinski definition) is 1. The van der Waals surface area contributed by atoms with Crippen LogP contribution in [0.15, 0.2) is 0 Å². The molecular weight excluding hydrogens is 354 g/mol. The maximum atomic E-state index is 12.8. The molecule has 0 aromatic heterocycles. The molecule has 0 aromatic rings. The average Bonchev–Trinajstić information content (AvgIpc) is 3.06. The van der Waals surface area contributed by atoms with Crippen molar-refractivity contribution in [2.45, 2.75) is 93.9 Å². The largest absolute Gasteiger partial charge is 0.373 e. The van der Waals surface area contributed by atoms with E-state index in [1.54, 1.807) is 4.90 Å². The Bertz CT molecular complexity index is 678. The predicted molar refractivity (Wildman–Crippen MR) is 98.3 cm³/mol. The summed E-state index contributed by atoms with van der Waals surface area (Å²) >= 11 is 0. The fourth-order valence-electron chi connectivity index (χ4n) is 4.81. The summed E-state index contributed by atoms with van der Waals surface area (Å²) in [6, 6.07) is 0.0990. The first-order chi connectivity index (χ1) is 12.2. The third-order valence-corrected chi connectivity index (χ3v) is 8.81. The Morgan fingerprint density at radius 2 is 1.92 bits per heavy atom. The van der Waals surface area contributed by atoms with Gasteiger partial charge in [-0.25, -0.2) is 17.9 Å². The van der Waals surface area contributed by atoms with Gasteiger partial charge in [-0.2, -0.15) is 0 Å². The number of sulfonamides is 1. The summed E-state index contributed by atoms with van der Waals surface area (Å²) in [4.78, 5) is 16.5. The number of ether oxygens (including phenoxy) is 1. The molecule has 1 N–H and O–H groups in total. The number of hydrogen-bond acceptors (Lipinski definition) is 4. The zero-order valence-corrected chi connectivity index (χ0v) is 16.8. The van der Waals surface area contributed by atoms with Crippen LogP contribution in [-0.4, -0.2) is 72.9 Å². The molecule has 4 fully saturated rings. The molecule has 0 radical (unpaired) electrons. The van der Waals surface area contributed by atoms with Crippen molar-refractivity contribution in [3.8, 4) is 0 Å². The van der Waals surface area contributed by atoms with Crippen LogP contribution < -0.4 is 4.72 Å². The van der Waals surface area contributed by atoms with Gasteiger partial charge in [0.25, 0.3) is 0 Å². The average molecular weight is 386 g/mol. The molecule has 2 aliphatic heterocycles. The van der Waals surface area contributed by atoms with Gasteiger partial charge in [0, 0.05) is 19.1 Å². The number of likely N-dealkylation sites (N-methyl/N-ethyl adjacent to an activating group) is 1.